The number of aromatic nitrogens is 3. The lowest BCUT2D eigenvalue weighted by atomic mass is 9.80. The first-order valence-electron chi connectivity index (χ1n) is 16.6. The highest BCUT2D eigenvalue weighted by Crippen LogP contribution is 2.53. The summed E-state index contributed by atoms with van der Waals surface area (Å²) < 4.78 is 2.21. The van der Waals surface area contributed by atoms with Crippen LogP contribution >= 0.6 is 0 Å². The molecule has 1 aliphatic carbocycles. The molecular weight excluding hydrogens is 611 g/mol. The van der Waals surface area contributed by atoms with E-state index in [1.165, 1.54) is 27.6 Å². The molecule has 0 saturated carbocycles. The average Bonchev–Trinajstić information content (AvgIpc) is 3.63. The third kappa shape index (κ3) is 4.24. The first kappa shape index (κ1) is 29.3. The van der Waals surface area contributed by atoms with Crippen molar-refractivity contribution in [2.24, 2.45) is 0 Å². The fourth-order valence-electron chi connectivity index (χ4n) is 7.86. The molecule has 234 valence electrons. The van der Waals surface area contributed by atoms with E-state index in [4.69, 9.17) is 9.97 Å². The van der Waals surface area contributed by atoms with E-state index in [9.17, 15) is 10.5 Å². The number of rotatable bonds is 4. The number of para-hydroxylation sites is 1. The van der Waals surface area contributed by atoms with E-state index in [1.54, 1.807) is 0 Å². The molecule has 6 aromatic carbocycles. The first-order valence-corrected chi connectivity index (χ1v) is 16.6. The molecule has 2 aromatic heterocycles. The quantitative estimate of drug-likeness (QED) is 0.192. The maximum Gasteiger partial charge on any atom is 0.160 e. The molecular formula is C45H29N5. The van der Waals surface area contributed by atoms with Crippen LogP contribution in [-0.2, 0) is 5.41 Å². The van der Waals surface area contributed by atoms with Crippen LogP contribution in [0.1, 0.15) is 36.1 Å². The smallest absolute Gasteiger partial charge is 0.160 e. The molecule has 5 nitrogen and oxygen atoms in total. The highest BCUT2D eigenvalue weighted by atomic mass is 15.0. The van der Waals surface area contributed by atoms with E-state index in [0.29, 0.717) is 33.9 Å². The first-order chi connectivity index (χ1) is 24.5. The largest absolute Gasteiger partial charge is 0.308 e. The topological polar surface area (TPSA) is 78.3 Å². The molecule has 0 amide bonds. The molecule has 9 rings (SSSR count). The second-order valence-electron chi connectivity index (χ2n) is 13.2. The zero-order valence-corrected chi connectivity index (χ0v) is 27.5. The third-order valence-electron chi connectivity index (χ3n) is 10.1. The van der Waals surface area contributed by atoms with Gasteiger partial charge in [0.05, 0.1) is 33.7 Å². The minimum atomic E-state index is -0.198. The van der Waals surface area contributed by atoms with E-state index in [2.05, 4.69) is 91.2 Å². The average molecular weight is 640 g/mol. The summed E-state index contributed by atoms with van der Waals surface area (Å²) in [6.45, 7) is 4.61. The Morgan fingerprint density at radius 3 is 1.98 bits per heavy atom. The van der Waals surface area contributed by atoms with Gasteiger partial charge in [0.1, 0.15) is 17.7 Å². The van der Waals surface area contributed by atoms with Crippen LogP contribution in [0.5, 0.6) is 0 Å². The molecule has 0 N–H and O–H groups in total. The summed E-state index contributed by atoms with van der Waals surface area (Å²) in [6.07, 6.45) is 0. The number of benzene rings is 6. The standard InChI is InChI=1S/C45H29N5/c1-45(2)36-19-11-9-17-32(36)33-22-24-39-40(41(33)45)34-18-10-12-20-38(34)50(39)37-23-21-30(25-31(37)26-46)43-35(27-47)42(28-13-5-3-6-14-28)48-44(49-43)29-15-7-4-8-16-29/h3-25H,1-2H3. The fraction of sp³-hybridized carbons (Fsp3) is 0.0667. The van der Waals surface area contributed by atoms with Crippen LogP contribution in [0.3, 0.4) is 0 Å². The summed E-state index contributed by atoms with van der Waals surface area (Å²) in [5, 5.41) is 23.6. The van der Waals surface area contributed by atoms with Crippen molar-refractivity contribution >= 4 is 21.8 Å². The molecule has 50 heavy (non-hydrogen) atoms. The summed E-state index contributed by atoms with van der Waals surface area (Å²) in [7, 11) is 0. The molecule has 0 atom stereocenters. The number of hydrogen-bond acceptors (Lipinski definition) is 4. The lowest BCUT2D eigenvalue weighted by Gasteiger charge is -2.22. The van der Waals surface area contributed by atoms with Gasteiger partial charge in [-0.05, 0) is 46.5 Å². The van der Waals surface area contributed by atoms with Crippen molar-refractivity contribution < 1.29 is 0 Å². The molecule has 1 aliphatic rings. The zero-order valence-electron chi connectivity index (χ0n) is 27.5. The van der Waals surface area contributed by atoms with Crippen LogP contribution in [-0.4, -0.2) is 14.5 Å². The monoisotopic (exact) mass is 639 g/mol. The van der Waals surface area contributed by atoms with E-state index in [-0.39, 0.29) is 5.41 Å². The predicted octanol–water partition coefficient (Wildman–Crippen LogP) is 10.6. The van der Waals surface area contributed by atoms with Crippen molar-refractivity contribution in [2.45, 2.75) is 19.3 Å². The zero-order chi connectivity index (χ0) is 34.0. The van der Waals surface area contributed by atoms with Crippen molar-refractivity contribution in [1.82, 2.24) is 14.5 Å². The van der Waals surface area contributed by atoms with Crippen LogP contribution < -0.4 is 0 Å². The van der Waals surface area contributed by atoms with Gasteiger partial charge in [-0.25, -0.2) is 9.97 Å². The Labute approximate surface area is 290 Å². The molecule has 0 unspecified atom stereocenters. The third-order valence-corrected chi connectivity index (χ3v) is 10.1. The Morgan fingerprint density at radius 1 is 0.580 bits per heavy atom. The van der Waals surface area contributed by atoms with Gasteiger partial charge in [0.25, 0.3) is 0 Å². The molecule has 0 fully saturated rings. The van der Waals surface area contributed by atoms with Crippen LogP contribution in [0.15, 0.2) is 140 Å². The maximum atomic E-state index is 10.7. The second kappa shape index (κ2) is 11.1. The van der Waals surface area contributed by atoms with Crippen molar-refractivity contribution in [3.63, 3.8) is 0 Å². The minimum Gasteiger partial charge on any atom is -0.308 e. The maximum absolute atomic E-state index is 10.7. The van der Waals surface area contributed by atoms with Gasteiger partial charge in [-0.2, -0.15) is 10.5 Å². The number of nitrogens with zero attached hydrogens (tertiary/aromatic N) is 5. The van der Waals surface area contributed by atoms with Crippen molar-refractivity contribution in [1.29, 1.82) is 10.5 Å². The van der Waals surface area contributed by atoms with Gasteiger partial charge in [0.15, 0.2) is 5.82 Å². The van der Waals surface area contributed by atoms with Gasteiger partial charge in [0.2, 0.25) is 0 Å². The summed E-state index contributed by atoms with van der Waals surface area (Å²) in [5.41, 5.74) is 12.1. The van der Waals surface area contributed by atoms with Crippen molar-refractivity contribution in [3.05, 3.63) is 162 Å². The lowest BCUT2D eigenvalue weighted by Crippen LogP contribution is -2.15. The van der Waals surface area contributed by atoms with Gasteiger partial charge in [-0.1, -0.05) is 129 Å². The summed E-state index contributed by atoms with van der Waals surface area (Å²) in [5.74, 6) is 0.515. The summed E-state index contributed by atoms with van der Waals surface area (Å²) >= 11 is 0. The number of hydrogen-bond donors (Lipinski definition) is 0. The highest BCUT2D eigenvalue weighted by Gasteiger charge is 2.38. The van der Waals surface area contributed by atoms with Gasteiger partial charge in [-0.3, -0.25) is 0 Å². The Bertz CT molecular complexity index is 2740. The predicted molar refractivity (Wildman–Crippen MR) is 200 cm³/mol. The molecule has 0 aliphatic heterocycles. The minimum absolute atomic E-state index is 0.198. The lowest BCUT2D eigenvalue weighted by molar-refractivity contribution is 0.666. The Kier molecular flexibility index (Phi) is 6.53. The van der Waals surface area contributed by atoms with Crippen molar-refractivity contribution in [3.8, 4) is 62.9 Å². The summed E-state index contributed by atoms with van der Waals surface area (Å²) in [4.78, 5) is 9.85. The van der Waals surface area contributed by atoms with Crippen molar-refractivity contribution in [2.75, 3.05) is 0 Å². The molecule has 0 radical (unpaired) electrons. The van der Waals surface area contributed by atoms with Crippen LogP contribution in [0.2, 0.25) is 0 Å². The number of nitriles is 2. The Morgan fingerprint density at radius 2 is 1.24 bits per heavy atom. The Balaban J connectivity index is 1.29. The molecule has 5 heteroatoms. The number of fused-ring (bicyclic) bond motifs is 7. The molecule has 0 bridgehead atoms. The Hall–Kier alpha value is -6.82. The SMILES string of the molecule is CC1(C)c2ccccc2-c2ccc3c(c21)c1ccccc1n3-c1ccc(-c2nc(-c3ccccc3)nc(-c3ccccc3)c2C#N)cc1C#N. The highest BCUT2D eigenvalue weighted by molar-refractivity contribution is 6.14. The van der Waals surface area contributed by atoms with Gasteiger partial charge in [0, 0.05) is 32.9 Å². The van der Waals surface area contributed by atoms with Gasteiger partial charge >= 0.3 is 0 Å². The fourth-order valence-corrected chi connectivity index (χ4v) is 7.86. The van der Waals surface area contributed by atoms with Crippen LogP contribution in [0, 0.1) is 22.7 Å². The van der Waals surface area contributed by atoms with E-state index < -0.39 is 0 Å². The van der Waals surface area contributed by atoms with Crippen LogP contribution in [0.25, 0.3) is 72.5 Å². The molecule has 0 saturated heterocycles. The second-order valence-corrected chi connectivity index (χ2v) is 13.2. The molecule has 0 spiro atoms. The molecule has 2 heterocycles. The van der Waals surface area contributed by atoms with Gasteiger partial charge < -0.3 is 4.57 Å². The van der Waals surface area contributed by atoms with E-state index in [1.807, 2.05) is 78.9 Å². The van der Waals surface area contributed by atoms with Crippen LogP contribution in [0.4, 0.5) is 0 Å². The van der Waals surface area contributed by atoms with E-state index in [0.717, 1.165) is 33.2 Å². The normalized spacial score (nSPS) is 12.7. The van der Waals surface area contributed by atoms with E-state index >= 15 is 0 Å². The summed E-state index contributed by atoms with van der Waals surface area (Å²) in [6, 6.07) is 51.7. The molecule has 8 aromatic rings. The van der Waals surface area contributed by atoms with Gasteiger partial charge in [-0.15, -0.1) is 0 Å².